The zero-order valence-electron chi connectivity index (χ0n) is 14.6. The van der Waals surface area contributed by atoms with Crippen LogP contribution in [0.5, 0.6) is 0 Å². The van der Waals surface area contributed by atoms with Crippen molar-refractivity contribution in [3.8, 4) is 16.8 Å². The number of aromatic nitrogens is 2. The van der Waals surface area contributed by atoms with Crippen LogP contribution in [0.25, 0.3) is 16.8 Å². The smallest absolute Gasteiger partial charge is 0.0686 e. The summed E-state index contributed by atoms with van der Waals surface area (Å²) in [5.74, 6) is 0.461. The largest absolute Gasteiger partial charge is 0.240 e. The fourth-order valence-corrected chi connectivity index (χ4v) is 3.10. The van der Waals surface area contributed by atoms with Crippen molar-refractivity contribution in [3.05, 3.63) is 71.0 Å². The first-order valence-electron chi connectivity index (χ1n) is 8.19. The van der Waals surface area contributed by atoms with Crippen LogP contribution in [-0.2, 0) is 0 Å². The molecular formula is C21H24N2. The summed E-state index contributed by atoms with van der Waals surface area (Å²) in [6, 6.07) is 15.5. The summed E-state index contributed by atoms with van der Waals surface area (Å²) in [5, 5.41) is 4.61. The van der Waals surface area contributed by atoms with E-state index in [4.69, 9.17) is 0 Å². The molecule has 3 rings (SSSR count). The molecule has 1 aromatic heterocycles. The molecule has 2 aromatic carbocycles. The van der Waals surface area contributed by atoms with E-state index in [2.05, 4.69) is 69.2 Å². The average molecular weight is 304 g/mol. The molecule has 1 heterocycles. The summed E-state index contributed by atoms with van der Waals surface area (Å²) >= 11 is 0. The SMILES string of the molecule is Cc1cc(C)cc(-c2ccc(C(C)C)c(-n3ccc(C)n3)c2)c1. The van der Waals surface area contributed by atoms with E-state index in [-0.39, 0.29) is 0 Å². The minimum atomic E-state index is 0.461. The van der Waals surface area contributed by atoms with Crippen LogP contribution in [0.4, 0.5) is 0 Å². The van der Waals surface area contributed by atoms with Gasteiger partial charge in [0.15, 0.2) is 0 Å². The van der Waals surface area contributed by atoms with Crippen molar-refractivity contribution < 1.29 is 0 Å². The topological polar surface area (TPSA) is 17.8 Å². The molecule has 2 nitrogen and oxygen atoms in total. The van der Waals surface area contributed by atoms with Gasteiger partial charge < -0.3 is 0 Å². The fourth-order valence-electron chi connectivity index (χ4n) is 3.10. The van der Waals surface area contributed by atoms with Gasteiger partial charge in [-0.25, -0.2) is 4.68 Å². The third-order valence-corrected chi connectivity index (χ3v) is 4.18. The van der Waals surface area contributed by atoms with Crippen LogP contribution in [0, 0.1) is 20.8 Å². The van der Waals surface area contributed by atoms with E-state index in [1.54, 1.807) is 0 Å². The average Bonchev–Trinajstić information content (AvgIpc) is 2.92. The molecule has 0 fully saturated rings. The Balaban J connectivity index is 2.17. The first kappa shape index (κ1) is 15.5. The molecule has 0 N–H and O–H groups in total. The van der Waals surface area contributed by atoms with E-state index in [0.29, 0.717) is 5.92 Å². The predicted molar refractivity (Wildman–Crippen MR) is 97.3 cm³/mol. The van der Waals surface area contributed by atoms with Crippen molar-refractivity contribution in [3.63, 3.8) is 0 Å². The number of aryl methyl sites for hydroxylation is 3. The van der Waals surface area contributed by atoms with Crippen molar-refractivity contribution >= 4 is 0 Å². The van der Waals surface area contributed by atoms with Crippen molar-refractivity contribution in [1.29, 1.82) is 0 Å². The van der Waals surface area contributed by atoms with Crippen LogP contribution >= 0.6 is 0 Å². The third-order valence-electron chi connectivity index (χ3n) is 4.18. The Morgan fingerprint density at radius 1 is 0.826 bits per heavy atom. The van der Waals surface area contributed by atoms with E-state index in [9.17, 15) is 0 Å². The maximum atomic E-state index is 4.61. The Morgan fingerprint density at radius 2 is 1.52 bits per heavy atom. The summed E-state index contributed by atoms with van der Waals surface area (Å²) in [6.07, 6.45) is 2.04. The molecule has 0 saturated carbocycles. The van der Waals surface area contributed by atoms with Gasteiger partial charge in [0, 0.05) is 6.20 Å². The third kappa shape index (κ3) is 3.21. The van der Waals surface area contributed by atoms with Gasteiger partial charge in [-0.2, -0.15) is 5.10 Å². The van der Waals surface area contributed by atoms with Crippen LogP contribution < -0.4 is 0 Å². The summed E-state index contributed by atoms with van der Waals surface area (Å²) in [4.78, 5) is 0. The van der Waals surface area contributed by atoms with Crippen LogP contribution in [0.15, 0.2) is 48.7 Å². The molecule has 0 bridgehead atoms. The minimum absolute atomic E-state index is 0.461. The Labute approximate surface area is 138 Å². The van der Waals surface area contributed by atoms with Crippen molar-refractivity contribution in [2.75, 3.05) is 0 Å². The molecule has 0 aliphatic heterocycles. The summed E-state index contributed by atoms with van der Waals surface area (Å²) in [5.41, 5.74) is 8.63. The zero-order chi connectivity index (χ0) is 16.6. The van der Waals surface area contributed by atoms with Gasteiger partial charge in [-0.1, -0.05) is 55.3 Å². The van der Waals surface area contributed by atoms with Crippen LogP contribution in [-0.4, -0.2) is 9.78 Å². The predicted octanol–water partition coefficient (Wildman–Crippen LogP) is 5.59. The molecule has 0 aliphatic rings. The van der Waals surface area contributed by atoms with Gasteiger partial charge in [0.1, 0.15) is 0 Å². The molecule has 0 radical (unpaired) electrons. The number of rotatable bonds is 3. The monoisotopic (exact) mass is 304 g/mol. The Bertz CT molecular complexity index is 821. The summed E-state index contributed by atoms with van der Waals surface area (Å²) in [6.45, 7) is 10.8. The molecule has 0 aliphatic carbocycles. The van der Waals surface area contributed by atoms with E-state index < -0.39 is 0 Å². The highest BCUT2D eigenvalue weighted by atomic mass is 15.3. The van der Waals surface area contributed by atoms with Crippen LogP contribution in [0.2, 0.25) is 0 Å². The molecule has 0 saturated heterocycles. The molecule has 118 valence electrons. The van der Waals surface area contributed by atoms with Gasteiger partial charge in [-0.15, -0.1) is 0 Å². The Hall–Kier alpha value is -2.35. The molecule has 3 aromatic rings. The zero-order valence-corrected chi connectivity index (χ0v) is 14.6. The van der Waals surface area contributed by atoms with Gasteiger partial charge in [-0.3, -0.25) is 0 Å². The second kappa shape index (κ2) is 6.04. The highest BCUT2D eigenvalue weighted by Crippen LogP contribution is 2.30. The lowest BCUT2D eigenvalue weighted by Gasteiger charge is -2.15. The molecule has 0 amide bonds. The molecule has 2 heteroatoms. The molecular weight excluding hydrogens is 280 g/mol. The first-order chi connectivity index (χ1) is 10.9. The van der Waals surface area contributed by atoms with E-state index in [1.165, 1.54) is 33.5 Å². The number of nitrogens with zero attached hydrogens (tertiary/aromatic N) is 2. The molecule has 0 unspecified atom stereocenters. The van der Waals surface area contributed by atoms with Crippen molar-refractivity contribution in [2.45, 2.75) is 40.5 Å². The van der Waals surface area contributed by atoms with Gasteiger partial charge in [-0.05, 0) is 55.5 Å². The van der Waals surface area contributed by atoms with Crippen molar-refractivity contribution in [1.82, 2.24) is 9.78 Å². The number of benzene rings is 2. The lowest BCUT2D eigenvalue weighted by molar-refractivity contribution is 0.802. The number of hydrogen-bond acceptors (Lipinski definition) is 1. The summed E-state index contributed by atoms with van der Waals surface area (Å²) in [7, 11) is 0. The highest BCUT2D eigenvalue weighted by Gasteiger charge is 2.11. The first-order valence-corrected chi connectivity index (χ1v) is 8.19. The van der Waals surface area contributed by atoms with Crippen LogP contribution in [0.3, 0.4) is 0 Å². The van der Waals surface area contributed by atoms with Gasteiger partial charge in [0.25, 0.3) is 0 Å². The highest BCUT2D eigenvalue weighted by molar-refractivity contribution is 5.69. The number of hydrogen-bond donors (Lipinski definition) is 0. The summed E-state index contributed by atoms with van der Waals surface area (Å²) < 4.78 is 2.00. The molecule has 0 spiro atoms. The quantitative estimate of drug-likeness (QED) is 0.617. The van der Waals surface area contributed by atoms with Crippen LogP contribution in [0.1, 0.15) is 42.1 Å². The lowest BCUT2D eigenvalue weighted by Crippen LogP contribution is -2.02. The second-order valence-electron chi connectivity index (χ2n) is 6.71. The maximum absolute atomic E-state index is 4.61. The normalized spacial score (nSPS) is 11.2. The van der Waals surface area contributed by atoms with Gasteiger partial charge in [0.2, 0.25) is 0 Å². The van der Waals surface area contributed by atoms with E-state index in [0.717, 1.165) is 5.69 Å². The maximum Gasteiger partial charge on any atom is 0.0686 e. The Kier molecular flexibility index (Phi) is 4.08. The standard InChI is InChI=1S/C21H24N2/c1-14(2)20-7-6-18(19-11-15(3)10-16(4)12-19)13-21(20)23-9-8-17(5)22-23/h6-14H,1-5H3. The van der Waals surface area contributed by atoms with Gasteiger partial charge in [0.05, 0.1) is 11.4 Å². The lowest BCUT2D eigenvalue weighted by atomic mass is 9.95. The van der Waals surface area contributed by atoms with E-state index >= 15 is 0 Å². The fraction of sp³-hybridized carbons (Fsp3) is 0.286. The minimum Gasteiger partial charge on any atom is -0.240 e. The van der Waals surface area contributed by atoms with Crippen molar-refractivity contribution in [2.24, 2.45) is 0 Å². The Morgan fingerprint density at radius 3 is 2.09 bits per heavy atom. The second-order valence-corrected chi connectivity index (χ2v) is 6.71. The molecule has 23 heavy (non-hydrogen) atoms. The molecule has 0 atom stereocenters. The van der Waals surface area contributed by atoms with Gasteiger partial charge >= 0.3 is 0 Å². The van der Waals surface area contributed by atoms with E-state index in [1.807, 2.05) is 23.9 Å².